The third-order valence-corrected chi connectivity index (χ3v) is 3.67. The molecule has 0 spiro atoms. The molecule has 4 nitrogen and oxygen atoms in total. The maximum atomic E-state index is 13.4. The van der Waals surface area contributed by atoms with Gasteiger partial charge in [-0.15, -0.1) is 11.6 Å². The highest BCUT2D eigenvalue weighted by Crippen LogP contribution is 2.27. The van der Waals surface area contributed by atoms with E-state index in [1.807, 2.05) is 0 Å². The molecule has 1 heterocycles. The predicted molar refractivity (Wildman–Crippen MR) is 73.7 cm³/mol. The number of hydrogen-bond donors (Lipinski definition) is 1. The van der Waals surface area contributed by atoms with E-state index < -0.39 is 0 Å². The van der Waals surface area contributed by atoms with Crippen molar-refractivity contribution in [2.45, 2.75) is 25.9 Å². The van der Waals surface area contributed by atoms with E-state index in [-0.39, 0.29) is 29.6 Å². The van der Waals surface area contributed by atoms with Gasteiger partial charge in [0.1, 0.15) is 11.7 Å². The average molecular weight is 299 g/mol. The van der Waals surface area contributed by atoms with Gasteiger partial charge in [-0.2, -0.15) is 0 Å². The van der Waals surface area contributed by atoms with E-state index in [1.54, 1.807) is 11.0 Å². The summed E-state index contributed by atoms with van der Waals surface area (Å²) in [6.07, 6.45) is 0.584. The Kier molecular flexibility index (Phi) is 4.60. The molecule has 108 valence electrons. The smallest absolute Gasteiger partial charge is 0.235 e. The van der Waals surface area contributed by atoms with Crippen LogP contribution in [0.15, 0.2) is 18.2 Å². The maximum Gasteiger partial charge on any atom is 0.235 e. The van der Waals surface area contributed by atoms with Crippen LogP contribution in [0.2, 0.25) is 0 Å². The number of fused-ring (bicyclic) bond motifs is 1. The zero-order valence-electron chi connectivity index (χ0n) is 11.2. The van der Waals surface area contributed by atoms with E-state index in [2.05, 4.69) is 5.32 Å². The van der Waals surface area contributed by atoms with Gasteiger partial charge >= 0.3 is 0 Å². The molecule has 0 saturated heterocycles. The van der Waals surface area contributed by atoms with Crippen molar-refractivity contribution in [1.29, 1.82) is 0 Å². The van der Waals surface area contributed by atoms with Crippen LogP contribution < -0.4 is 5.32 Å². The highest BCUT2D eigenvalue weighted by atomic mass is 35.5. The molecule has 6 heteroatoms. The third kappa shape index (κ3) is 3.28. The predicted octanol–water partition coefficient (Wildman–Crippen LogP) is 1.97. The van der Waals surface area contributed by atoms with E-state index in [0.717, 1.165) is 11.1 Å². The van der Waals surface area contributed by atoms with Gasteiger partial charge in [-0.25, -0.2) is 4.39 Å². The van der Waals surface area contributed by atoms with E-state index in [4.69, 9.17) is 11.6 Å². The summed E-state index contributed by atoms with van der Waals surface area (Å²) in [7, 11) is 0. The monoisotopic (exact) mass is 298 g/mol. The fourth-order valence-electron chi connectivity index (χ4n) is 2.43. The molecule has 0 aliphatic carbocycles. The molecule has 1 aliphatic heterocycles. The molecule has 1 aromatic carbocycles. The quantitative estimate of drug-likeness (QED) is 0.849. The van der Waals surface area contributed by atoms with Crippen molar-refractivity contribution >= 4 is 23.4 Å². The number of halogens is 2. The van der Waals surface area contributed by atoms with Crippen LogP contribution in [0.3, 0.4) is 0 Å². The number of carbonyl (C=O) groups excluding carboxylic acids is 2. The molecule has 1 unspecified atom stereocenters. The van der Waals surface area contributed by atoms with Crippen molar-refractivity contribution in [2.24, 2.45) is 0 Å². The molecule has 1 atom stereocenters. The van der Waals surface area contributed by atoms with E-state index in [1.165, 1.54) is 19.1 Å². The van der Waals surface area contributed by atoms with Crippen LogP contribution in [0.4, 0.5) is 4.39 Å². The van der Waals surface area contributed by atoms with Crippen LogP contribution in [0.5, 0.6) is 0 Å². The Labute approximate surface area is 121 Å². The first kappa shape index (κ1) is 14.8. The number of benzene rings is 1. The minimum absolute atomic E-state index is 0.0652. The van der Waals surface area contributed by atoms with Gasteiger partial charge in [0, 0.05) is 20.0 Å². The number of amides is 2. The minimum Gasteiger partial charge on any atom is -0.348 e. The van der Waals surface area contributed by atoms with Crippen molar-refractivity contribution in [1.82, 2.24) is 10.2 Å². The Morgan fingerprint density at radius 3 is 2.90 bits per heavy atom. The molecule has 0 bridgehead atoms. The summed E-state index contributed by atoms with van der Waals surface area (Å²) in [6.45, 7) is 2.35. The normalized spacial score (nSPS) is 18.1. The Bertz CT molecular complexity index is 536. The summed E-state index contributed by atoms with van der Waals surface area (Å²) in [5, 5.41) is 2.81. The van der Waals surface area contributed by atoms with Gasteiger partial charge in [0.15, 0.2) is 0 Å². The first-order valence-electron chi connectivity index (χ1n) is 6.40. The topological polar surface area (TPSA) is 49.4 Å². The Morgan fingerprint density at radius 1 is 1.50 bits per heavy atom. The lowest BCUT2D eigenvalue weighted by Crippen LogP contribution is -2.32. The summed E-state index contributed by atoms with van der Waals surface area (Å²) in [6, 6.07) is 4.19. The second kappa shape index (κ2) is 6.22. The lowest BCUT2D eigenvalue weighted by molar-refractivity contribution is -0.129. The molecular weight excluding hydrogens is 283 g/mol. The largest absolute Gasteiger partial charge is 0.348 e. The molecule has 0 saturated carbocycles. The third-order valence-electron chi connectivity index (χ3n) is 3.43. The van der Waals surface area contributed by atoms with E-state index in [9.17, 15) is 14.0 Å². The van der Waals surface area contributed by atoms with Crippen molar-refractivity contribution in [2.75, 3.05) is 12.4 Å². The summed E-state index contributed by atoms with van der Waals surface area (Å²) in [5.41, 5.74) is 1.56. The lowest BCUT2D eigenvalue weighted by Gasteiger charge is -2.19. The van der Waals surface area contributed by atoms with Crippen LogP contribution in [0, 0.1) is 5.82 Å². The van der Waals surface area contributed by atoms with Crippen molar-refractivity contribution in [3.63, 3.8) is 0 Å². The van der Waals surface area contributed by atoms with Gasteiger partial charge in [0.2, 0.25) is 11.8 Å². The van der Waals surface area contributed by atoms with Gasteiger partial charge in [-0.05, 0) is 29.7 Å². The summed E-state index contributed by atoms with van der Waals surface area (Å²) in [5.74, 6) is -0.812. The summed E-state index contributed by atoms with van der Waals surface area (Å²) < 4.78 is 13.4. The van der Waals surface area contributed by atoms with E-state index in [0.29, 0.717) is 19.5 Å². The Morgan fingerprint density at radius 2 is 2.25 bits per heavy atom. The molecule has 0 aromatic heterocycles. The van der Waals surface area contributed by atoms with Gasteiger partial charge in [-0.3, -0.25) is 9.59 Å². The molecular formula is C14H16ClFN2O2. The van der Waals surface area contributed by atoms with Crippen LogP contribution >= 0.6 is 11.6 Å². The zero-order chi connectivity index (χ0) is 14.7. The standard InChI is InChI=1S/C14H16ClFN2O2/c1-9(19)18-5-4-13(17-14(20)7-15)12-3-2-11(16)6-10(12)8-18/h2-3,6,13H,4-5,7-8H2,1H3,(H,17,20). The molecule has 1 aliphatic rings. The van der Waals surface area contributed by atoms with Crippen LogP contribution in [0.25, 0.3) is 0 Å². The number of hydrogen-bond acceptors (Lipinski definition) is 2. The maximum absolute atomic E-state index is 13.4. The van der Waals surface area contributed by atoms with Gasteiger partial charge in [0.25, 0.3) is 0 Å². The van der Waals surface area contributed by atoms with E-state index >= 15 is 0 Å². The minimum atomic E-state index is -0.350. The van der Waals surface area contributed by atoms with Gasteiger partial charge in [-0.1, -0.05) is 6.07 Å². The number of carbonyl (C=O) groups is 2. The fraction of sp³-hybridized carbons (Fsp3) is 0.429. The fourth-order valence-corrected chi connectivity index (χ4v) is 2.51. The average Bonchev–Trinajstić information content (AvgIpc) is 2.58. The number of nitrogens with zero attached hydrogens (tertiary/aromatic N) is 1. The van der Waals surface area contributed by atoms with Crippen LogP contribution in [-0.4, -0.2) is 29.1 Å². The number of alkyl halides is 1. The Balaban J connectivity index is 2.33. The molecule has 0 radical (unpaired) electrons. The van der Waals surface area contributed by atoms with Crippen LogP contribution in [0.1, 0.15) is 30.5 Å². The molecule has 1 aromatic rings. The second-order valence-electron chi connectivity index (χ2n) is 4.83. The SMILES string of the molecule is CC(=O)N1CCC(NC(=O)CCl)c2ccc(F)cc2C1. The Hall–Kier alpha value is -1.62. The molecule has 2 amide bonds. The highest BCUT2D eigenvalue weighted by molar-refractivity contribution is 6.27. The highest BCUT2D eigenvalue weighted by Gasteiger charge is 2.24. The van der Waals surface area contributed by atoms with Gasteiger partial charge in [0.05, 0.1) is 6.04 Å². The zero-order valence-corrected chi connectivity index (χ0v) is 11.9. The van der Waals surface area contributed by atoms with Gasteiger partial charge < -0.3 is 10.2 Å². The number of nitrogens with one attached hydrogen (secondary N) is 1. The first-order valence-corrected chi connectivity index (χ1v) is 6.94. The molecule has 2 rings (SSSR count). The summed E-state index contributed by atoms with van der Waals surface area (Å²) in [4.78, 5) is 24.7. The second-order valence-corrected chi connectivity index (χ2v) is 5.09. The van der Waals surface area contributed by atoms with Crippen LogP contribution in [-0.2, 0) is 16.1 Å². The number of rotatable bonds is 2. The first-order chi connectivity index (χ1) is 9.51. The van der Waals surface area contributed by atoms with Crippen molar-refractivity contribution < 1.29 is 14.0 Å². The molecule has 20 heavy (non-hydrogen) atoms. The molecule has 0 fully saturated rings. The molecule has 1 N–H and O–H groups in total. The van der Waals surface area contributed by atoms with Crippen molar-refractivity contribution in [3.8, 4) is 0 Å². The lowest BCUT2D eigenvalue weighted by atomic mass is 9.99. The van der Waals surface area contributed by atoms with Crippen molar-refractivity contribution in [3.05, 3.63) is 35.1 Å². The summed E-state index contributed by atoms with van der Waals surface area (Å²) >= 11 is 5.51.